The predicted molar refractivity (Wildman–Crippen MR) is 90.6 cm³/mol. The summed E-state index contributed by atoms with van der Waals surface area (Å²) >= 11 is 0. The first-order valence-corrected chi connectivity index (χ1v) is 9.38. The molecule has 0 aliphatic carbocycles. The molecule has 1 aromatic carbocycles. The number of anilines is 1. The standard InChI is InChI=1S/C16H26N2O4S/c1-4-6-10-17-23(21,22)14-9-7-8-13(11-14)18-16(20)12(3)15(19)5-2/h7-9,11-12,15,17,19H,4-6,10H2,1-3H3,(H,18,20). The first-order chi connectivity index (χ1) is 10.8. The number of hydrogen-bond donors (Lipinski definition) is 3. The zero-order valence-electron chi connectivity index (χ0n) is 13.9. The Hall–Kier alpha value is -1.44. The van der Waals surface area contributed by atoms with Gasteiger partial charge >= 0.3 is 0 Å². The number of benzene rings is 1. The number of amides is 1. The fourth-order valence-corrected chi connectivity index (χ4v) is 3.11. The van der Waals surface area contributed by atoms with Gasteiger partial charge in [0.25, 0.3) is 0 Å². The van der Waals surface area contributed by atoms with E-state index in [0.29, 0.717) is 18.7 Å². The Kier molecular flexibility index (Phi) is 7.67. The lowest BCUT2D eigenvalue weighted by molar-refractivity contribution is -0.122. The van der Waals surface area contributed by atoms with Crippen molar-refractivity contribution in [2.24, 2.45) is 5.92 Å². The van der Waals surface area contributed by atoms with Crippen LogP contribution in [0.5, 0.6) is 0 Å². The summed E-state index contributed by atoms with van der Waals surface area (Å²) in [5.74, 6) is -0.907. The van der Waals surface area contributed by atoms with Gasteiger partial charge in [-0.1, -0.05) is 33.3 Å². The van der Waals surface area contributed by atoms with Crippen LogP contribution in [0, 0.1) is 5.92 Å². The van der Waals surface area contributed by atoms with Gasteiger partial charge in [-0.05, 0) is 31.0 Å². The summed E-state index contributed by atoms with van der Waals surface area (Å²) < 4.78 is 26.9. The van der Waals surface area contributed by atoms with E-state index in [1.54, 1.807) is 26.0 Å². The number of aliphatic hydroxyl groups is 1. The lowest BCUT2D eigenvalue weighted by Crippen LogP contribution is -2.30. The molecule has 1 rings (SSSR count). The predicted octanol–water partition coefficient (Wildman–Crippen LogP) is 2.11. The molecular formula is C16H26N2O4S. The van der Waals surface area contributed by atoms with Crippen LogP contribution in [0.1, 0.15) is 40.0 Å². The van der Waals surface area contributed by atoms with Crippen molar-refractivity contribution < 1.29 is 18.3 Å². The van der Waals surface area contributed by atoms with Crippen molar-refractivity contribution in [1.82, 2.24) is 4.72 Å². The normalized spacial score (nSPS) is 14.3. The van der Waals surface area contributed by atoms with Crippen LogP contribution >= 0.6 is 0 Å². The van der Waals surface area contributed by atoms with Crippen molar-refractivity contribution in [2.75, 3.05) is 11.9 Å². The second kappa shape index (κ2) is 9.00. The number of carbonyl (C=O) groups is 1. The summed E-state index contributed by atoms with van der Waals surface area (Å²) in [6.07, 6.45) is 1.42. The molecule has 2 unspecified atom stereocenters. The van der Waals surface area contributed by atoms with Crippen molar-refractivity contribution >= 4 is 21.6 Å². The van der Waals surface area contributed by atoms with E-state index in [1.807, 2.05) is 6.92 Å². The van der Waals surface area contributed by atoms with E-state index in [0.717, 1.165) is 12.8 Å². The molecule has 0 heterocycles. The molecule has 130 valence electrons. The molecule has 0 aliphatic heterocycles. The molecule has 0 aromatic heterocycles. The van der Waals surface area contributed by atoms with E-state index >= 15 is 0 Å². The molecule has 0 fully saturated rings. The van der Waals surface area contributed by atoms with Crippen LogP contribution < -0.4 is 10.0 Å². The minimum Gasteiger partial charge on any atom is -0.392 e. The molecule has 0 aliphatic rings. The summed E-state index contributed by atoms with van der Waals surface area (Å²) in [5.41, 5.74) is 0.392. The van der Waals surface area contributed by atoms with Crippen molar-refractivity contribution in [2.45, 2.75) is 51.0 Å². The van der Waals surface area contributed by atoms with Gasteiger partial charge < -0.3 is 10.4 Å². The SMILES string of the molecule is CCCCNS(=O)(=O)c1cccc(NC(=O)C(C)C(O)CC)c1. The molecule has 3 N–H and O–H groups in total. The Labute approximate surface area is 138 Å². The highest BCUT2D eigenvalue weighted by Crippen LogP contribution is 2.17. The van der Waals surface area contributed by atoms with E-state index in [4.69, 9.17) is 0 Å². The third kappa shape index (κ3) is 5.93. The van der Waals surface area contributed by atoms with Gasteiger partial charge in [0.1, 0.15) is 0 Å². The molecule has 1 amide bonds. The van der Waals surface area contributed by atoms with Crippen LogP contribution in [0.25, 0.3) is 0 Å². The molecular weight excluding hydrogens is 316 g/mol. The monoisotopic (exact) mass is 342 g/mol. The Morgan fingerprint density at radius 3 is 2.61 bits per heavy atom. The molecule has 2 atom stereocenters. The molecule has 0 saturated heterocycles. The lowest BCUT2D eigenvalue weighted by Gasteiger charge is -2.17. The molecule has 1 aromatic rings. The maximum atomic E-state index is 12.2. The van der Waals surface area contributed by atoms with Gasteiger partial charge in [-0.3, -0.25) is 4.79 Å². The van der Waals surface area contributed by atoms with Crippen molar-refractivity contribution in [3.63, 3.8) is 0 Å². The third-order valence-electron chi connectivity index (χ3n) is 3.64. The number of hydrogen-bond acceptors (Lipinski definition) is 4. The Morgan fingerprint density at radius 1 is 1.30 bits per heavy atom. The highest BCUT2D eigenvalue weighted by Gasteiger charge is 2.21. The van der Waals surface area contributed by atoms with Crippen LogP contribution in [-0.4, -0.2) is 32.1 Å². The van der Waals surface area contributed by atoms with E-state index < -0.39 is 22.0 Å². The fourth-order valence-electron chi connectivity index (χ4n) is 1.99. The first kappa shape index (κ1) is 19.6. The van der Waals surface area contributed by atoms with E-state index in [9.17, 15) is 18.3 Å². The molecule has 7 heteroatoms. The quantitative estimate of drug-likeness (QED) is 0.599. The maximum absolute atomic E-state index is 12.2. The Morgan fingerprint density at radius 2 is 2.00 bits per heavy atom. The number of carbonyl (C=O) groups excluding carboxylic acids is 1. The fraction of sp³-hybridized carbons (Fsp3) is 0.562. The van der Waals surface area contributed by atoms with E-state index in [1.165, 1.54) is 12.1 Å². The molecule has 23 heavy (non-hydrogen) atoms. The summed E-state index contributed by atoms with van der Waals surface area (Å²) in [4.78, 5) is 12.2. The lowest BCUT2D eigenvalue weighted by atomic mass is 10.0. The van der Waals surface area contributed by atoms with Gasteiger partial charge in [-0.25, -0.2) is 13.1 Å². The van der Waals surface area contributed by atoms with Crippen LogP contribution in [0.15, 0.2) is 29.2 Å². The van der Waals surface area contributed by atoms with Crippen molar-refractivity contribution in [3.8, 4) is 0 Å². The second-order valence-corrected chi connectivity index (χ2v) is 7.30. The maximum Gasteiger partial charge on any atom is 0.240 e. The first-order valence-electron chi connectivity index (χ1n) is 7.90. The van der Waals surface area contributed by atoms with Gasteiger partial charge in [0.15, 0.2) is 0 Å². The summed E-state index contributed by atoms with van der Waals surface area (Å²) in [7, 11) is -3.58. The van der Waals surface area contributed by atoms with Crippen LogP contribution in [-0.2, 0) is 14.8 Å². The van der Waals surface area contributed by atoms with Gasteiger partial charge in [0.05, 0.1) is 16.9 Å². The van der Waals surface area contributed by atoms with Crippen molar-refractivity contribution in [3.05, 3.63) is 24.3 Å². The molecule has 0 saturated carbocycles. The topological polar surface area (TPSA) is 95.5 Å². The van der Waals surface area contributed by atoms with Gasteiger partial charge in [0, 0.05) is 12.2 Å². The molecule has 6 nitrogen and oxygen atoms in total. The van der Waals surface area contributed by atoms with Crippen LogP contribution in [0.4, 0.5) is 5.69 Å². The zero-order chi connectivity index (χ0) is 17.5. The largest absolute Gasteiger partial charge is 0.392 e. The highest BCUT2D eigenvalue weighted by atomic mass is 32.2. The van der Waals surface area contributed by atoms with Crippen LogP contribution in [0.2, 0.25) is 0 Å². The van der Waals surface area contributed by atoms with Crippen LogP contribution in [0.3, 0.4) is 0 Å². The minimum absolute atomic E-state index is 0.107. The highest BCUT2D eigenvalue weighted by molar-refractivity contribution is 7.89. The van der Waals surface area contributed by atoms with Gasteiger partial charge in [0.2, 0.25) is 15.9 Å². The average molecular weight is 342 g/mol. The number of rotatable bonds is 9. The Balaban J connectivity index is 2.82. The van der Waals surface area contributed by atoms with Gasteiger partial charge in [-0.2, -0.15) is 0 Å². The molecule has 0 bridgehead atoms. The second-order valence-electron chi connectivity index (χ2n) is 5.53. The smallest absolute Gasteiger partial charge is 0.240 e. The van der Waals surface area contributed by atoms with E-state index in [-0.39, 0.29) is 10.8 Å². The number of unbranched alkanes of at least 4 members (excludes halogenated alkanes) is 1. The average Bonchev–Trinajstić information content (AvgIpc) is 2.53. The summed E-state index contributed by atoms with van der Waals surface area (Å²) in [5, 5.41) is 12.4. The minimum atomic E-state index is -3.58. The number of nitrogens with one attached hydrogen (secondary N) is 2. The summed E-state index contributed by atoms with van der Waals surface area (Å²) in [6.45, 7) is 5.80. The van der Waals surface area contributed by atoms with E-state index in [2.05, 4.69) is 10.0 Å². The number of sulfonamides is 1. The zero-order valence-corrected chi connectivity index (χ0v) is 14.7. The molecule has 0 radical (unpaired) electrons. The van der Waals surface area contributed by atoms with Crippen molar-refractivity contribution in [1.29, 1.82) is 0 Å². The Bertz CT molecular complexity index is 616. The third-order valence-corrected chi connectivity index (χ3v) is 5.10. The number of aliphatic hydroxyl groups excluding tert-OH is 1. The summed E-state index contributed by atoms with van der Waals surface area (Å²) in [6, 6.07) is 6.09. The molecule has 0 spiro atoms. The van der Waals surface area contributed by atoms with Gasteiger partial charge in [-0.15, -0.1) is 0 Å².